The van der Waals surface area contributed by atoms with E-state index < -0.39 is 0 Å². The third kappa shape index (κ3) is 3.91. The van der Waals surface area contributed by atoms with Gasteiger partial charge < -0.3 is 0 Å². The van der Waals surface area contributed by atoms with Crippen LogP contribution in [-0.2, 0) is 0 Å². The van der Waals surface area contributed by atoms with Crippen molar-refractivity contribution in [1.29, 1.82) is 0 Å². The molecule has 2 rings (SSSR count). The van der Waals surface area contributed by atoms with E-state index in [1.807, 2.05) is 0 Å². The van der Waals surface area contributed by atoms with Crippen LogP contribution in [0.2, 0.25) is 0 Å². The van der Waals surface area contributed by atoms with Gasteiger partial charge in [-0.2, -0.15) is 0 Å². The van der Waals surface area contributed by atoms with E-state index in [0.29, 0.717) is 15.8 Å². The van der Waals surface area contributed by atoms with Gasteiger partial charge in [0, 0.05) is 0 Å². The highest BCUT2D eigenvalue weighted by Gasteiger charge is 2.46. The minimum absolute atomic E-state index is 0.332. The SMILES string of the molecule is CC(C)[C@@H]1C[C@@H](C(C)C)P1CCP1[C@H](C(C)C)C[C@H]1C(C)C. The van der Waals surface area contributed by atoms with Crippen LogP contribution < -0.4 is 0 Å². The maximum atomic E-state index is 2.47. The molecule has 2 aliphatic heterocycles. The molecule has 0 spiro atoms. The van der Waals surface area contributed by atoms with Crippen molar-refractivity contribution in [2.75, 3.05) is 12.3 Å². The zero-order valence-corrected chi connectivity index (χ0v) is 18.1. The maximum Gasteiger partial charge on any atom is -0.0177 e. The molecule has 0 unspecified atom stereocenters. The molecule has 22 heavy (non-hydrogen) atoms. The van der Waals surface area contributed by atoms with Gasteiger partial charge in [-0.1, -0.05) is 71.2 Å². The second kappa shape index (κ2) is 7.83. The Morgan fingerprint density at radius 3 is 0.955 bits per heavy atom. The molecular formula is C20H40P2. The Bertz CT molecular complexity index is 286. The molecule has 0 aromatic carbocycles. The predicted molar refractivity (Wildman–Crippen MR) is 107 cm³/mol. The molecule has 0 amide bonds. The van der Waals surface area contributed by atoms with E-state index >= 15 is 0 Å². The van der Waals surface area contributed by atoms with Crippen molar-refractivity contribution in [3.05, 3.63) is 0 Å². The zero-order valence-electron chi connectivity index (χ0n) is 16.3. The molecule has 2 aliphatic rings. The first kappa shape index (κ1) is 19.2. The highest BCUT2D eigenvalue weighted by atomic mass is 31.1. The second-order valence-corrected chi connectivity index (χ2v) is 14.8. The minimum Gasteiger partial charge on any atom is -0.0994 e. The van der Waals surface area contributed by atoms with Gasteiger partial charge in [0.15, 0.2) is 0 Å². The highest BCUT2D eigenvalue weighted by Crippen LogP contribution is 2.69. The lowest BCUT2D eigenvalue weighted by atomic mass is 9.98. The lowest BCUT2D eigenvalue weighted by molar-refractivity contribution is 0.439. The van der Waals surface area contributed by atoms with Gasteiger partial charge >= 0.3 is 0 Å². The molecule has 0 bridgehead atoms. The van der Waals surface area contributed by atoms with Crippen molar-refractivity contribution in [2.45, 2.75) is 90.9 Å². The van der Waals surface area contributed by atoms with E-state index in [1.165, 1.54) is 0 Å². The van der Waals surface area contributed by atoms with Crippen molar-refractivity contribution in [3.63, 3.8) is 0 Å². The van der Waals surface area contributed by atoms with Gasteiger partial charge in [0.1, 0.15) is 0 Å². The Kier molecular flexibility index (Phi) is 6.83. The first-order valence-electron chi connectivity index (χ1n) is 9.75. The van der Waals surface area contributed by atoms with Crippen LogP contribution in [0.3, 0.4) is 0 Å². The fraction of sp³-hybridized carbons (Fsp3) is 1.00. The molecule has 2 heteroatoms. The van der Waals surface area contributed by atoms with Gasteiger partial charge in [-0.05, 0) is 71.5 Å². The summed E-state index contributed by atoms with van der Waals surface area (Å²) in [7, 11) is 0.663. The van der Waals surface area contributed by atoms with Crippen molar-refractivity contribution in [1.82, 2.24) is 0 Å². The molecule has 0 aromatic rings. The molecule has 130 valence electrons. The van der Waals surface area contributed by atoms with Crippen molar-refractivity contribution >= 4 is 15.8 Å². The predicted octanol–water partition coefficient (Wildman–Crippen LogP) is 6.86. The fourth-order valence-electron chi connectivity index (χ4n) is 4.77. The van der Waals surface area contributed by atoms with E-state index in [2.05, 4.69) is 55.4 Å². The van der Waals surface area contributed by atoms with Gasteiger partial charge in [-0.15, -0.1) is 0 Å². The van der Waals surface area contributed by atoms with Gasteiger partial charge in [-0.25, -0.2) is 0 Å². The lowest BCUT2D eigenvalue weighted by Crippen LogP contribution is -2.41. The minimum atomic E-state index is 0.332. The fourth-order valence-corrected chi connectivity index (χ4v) is 13.2. The molecule has 0 N–H and O–H groups in total. The third-order valence-corrected chi connectivity index (χ3v) is 14.8. The molecule has 0 aliphatic carbocycles. The largest absolute Gasteiger partial charge is 0.0994 e. The van der Waals surface area contributed by atoms with Gasteiger partial charge in [0.25, 0.3) is 0 Å². The first-order valence-corrected chi connectivity index (χ1v) is 13.1. The van der Waals surface area contributed by atoms with E-state index in [9.17, 15) is 0 Å². The van der Waals surface area contributed by atoms with Crippen molar-refractivity contribution in [2.24, 2.45) is 23.7 Å². The zero-order chi connectivity index (χ0) is 16.6. The summed E-state index contributed by atoms with van der Waals surface area (Å²) in [6.45, 7) is 19.8. The van der Waals surface area contributed by atoms with Gasteiger partial charge in [0.2, 0.25) is 0 Å². The standard InChI is InChI=1S/C20H40P2/c1-13(2)17-11-18(14(3)4)21(17)9-10-22-19(15(5)6)12-20(22)16(7)8/h13-20H,9-12H2,1-8H3/t17-,18-,19-,20-/m0/s1. The van der Waals surface area contributed by atoms with Crippen LogP contribution >= 0.6 is 15.8 Å². The lowest BCUT2D eigenvalue weighted by Gasteiger charge is -2.54. The van der Waals surface area contributed by atoms with Crippen LogP contribution in [0.25, 0.3) is 0 Å². The summed E-state index contributed by atoms with van der Waals surface area (Å²) in [4.78, 5) is 0. The summed E-state index contributed by atoms with van der Waals surface area (Å²) >= 11 is 0. The summed E-state index contributed by atoms with van der Waals surface area (Å²) in [5.74, 6) is 3.71. The molecule has 4 atom stereocenters. The van der Waals surface area contributed by atoms with Gasteiger partial charge in [-0.3, -0.25) is 0 Å². The Hall–Kier alpha value is 0.860. The third-order valence-electron chi connectivity index (χ3n) is 6.36. The second-order valence-electron chi connectivity index (χ2n) is 9.19. The molecule has 0 nitrogen and oxygen atoms in total. The summed E-state index contributed by atoms with van der Waals surface area (Å²) < 4.78 is 0. The van der Waals surface area contributed by atoms with Crippen molar-refractivity contribution in [3.8, 4) is 0 Å². The normalized spacial score (nSPS) is 33.8. The van der Waals surface area contributed by atoms with Crippen LogP contribution in [0, 0.1) is 23.7 Å². The van der Waals surface area contributed by atoms with Crippen LogP contribution in [0.1, 0.15) is 68.2 Å². The molecule has 2 heterocycles. The van der Waals surface area contributed by atoms with E-state index in [-0.39, 0.29) is 0 Å². The smallest absolute Gasteiger partial charge is 0.0177 e. The topological polar surface area (TPSA) is 0 Å². The van der Waals surface area contributed by atoms with E-state index in [4.69, 9.17) is 0 Å². The summed E-state index contributed by atoms with van der Waals surface area (Å²) in [6, 6.07) is 0. The van der Waals surface area contributed by atoms with Crippen molar-refractivity contribution < 1.29 is 0 Å². The molecule has 0 aromatic heterocycles. The molecule has 0 radical (unpaired) electrons. The number of hydrogen-bond donors (Lipinski definition) is 0. The maximum absolute atomic E-state index is 2.47. The monoisotopic (exact) mass is 342 g/mol. The average Bonchev–Trinajstić information content (AvgIpc) is 2.29. The average molecular weight is 342 g/mol. The summed E-state index contributed by atoms with van der Waals surface area (Å²) in [5, 5.41) is 0. The van der Waals surface area contributed by atoms with Crippen LogP contribution in [-0.4, -0.2) is 35.0 Å². The quantitative estimate of drug-likeness (QED) is 0.443. The molecular weight excluding hydrogens is 302 g/mol. The van der Waals surface area contributed by atoms with Crippen LogP contribution in [0.15, 0.2) is 0 Å². The van der Waals surface area contributed by atoms with Gasteiger partial charge in [0.05, 0.1) is 0 Å². The summed E-state index contributed by atoms with van der Waals surface area (Å²) in [6.07, 6.45) is 6.30. The van der Waals surface area contributed by atoms with E-state index in [0.717, 1.165) is 46.3 Å². The summed E-state index contributed by atoms with van der Waals surface area (Å²) in [5.41, 5.74) is 4.37. The van der Waals surface area contributed by atoms with Crippen LogP contribution in [0.4, 0.5) is 0 Å². The Balaban J connectivity index is 1.93. The number of rotatable bonds is 7. The Labute approximate surface area is 143 Å². The molecule has 2 saturated heterocycles. The Morgan fingerprint density at radius 1 is 0.545 bits per heavy atom. The number of hydrogen-bond acceptors (Lipinski definition) is 0. The first-order chi connectivity index (χ1) is 10.2. The molecule has 2 fully saturated rings. The highest BCUT2D eigenvalue weighted by molar-refractivity contribution is 7.64. The van der Waals surface area contributed by atoms with E-state index in [1.54, 1.807) is 25.2 Å². The van der Waals surface area contributed by atoms with Crippen LogP contribution in [0.5, 0.6) is 0 Å². The molecule has 0 saturated carbocycles. The Morgan fingerprint density at radius 2 is 0.773 bits per heavy atom.